The molecule has 2 aromatic rings. The maximum atomic E-state index is 13.5. The van der Waals surface area contributed by atoms with Crippen molar-refractivity contribution < 1.29 is 14.4 Å². The van der Waals surface area contributed by atoms with Gasteiger partial charge in [-0.2, -0.15) is 11.8 Å². The van der Waals surface area contributed by atoms with Gasteiger partial charge in [-0.05, 0) is 17.0 Å². The topological polar surface area (TPSA) is 76.2 Å². The molecule has 0 spiro atoms. The van der Waals surface area contributed by atoms with E-state index in [1.54, 1.807) is 33.7 Å². The van der Waals surface area contributed by atoms with Gasteiger partial charge < -0.3 is 15.1 Å². The number of piperazine rings is 1. The molecule has 8 nitrogen and oxygen atoms in total. The lowest BCUT2D eigenvalue weighted by molar-refractivity contribution is -0.189. The fourth-order valence-electron chi connectivity index (χ4n) is 4.86. The predicted octanol–water partition coefficient (Wildman–Crippen LogP) is 3.01. The standard InChI is InChI=1S/C27H35N5O3S/c1-20(2)25-26(34)30(14-15-36-19-22-12-8-5-9-13-22)17-23-31(25)24(33)18-29(3)32(23)27(35)28-16-21-10-6-4-7-11-21/h4-13,20,23,25H,14-19H2,1-3H3,(H,28,35)/t23-,25-/m0/s1. The second-order valence-corrected chi connectivity index (χ2v) is 10.7. The van der Waals surface area contributed by atoms with E-state index in [-0.39, 0.29) is 30.3 Å². The first kappa shape index (κ1) is 26.0. The van der Waals surface area contributed by atoms with Crippen molar-refractivity contribution >= 4 is 29.6 Å². The number of amides is 4. The fourth-order valence-corrected chi connectivity index (χ4v) is 5.78. The molecule has 2 aromatic carbocycles. The Balaban J connectivity index is 1.47. The quantitative estimate of drug-likeness (QED) is 0.554. The van der Waals surface area contributed by atoms with Crippen LogP contribution >= 0.6 is 11.8 Å². The smallest absolute Gasteiger partial charge is 0.334 e. The van der Waals surface area contributed by atoms with Crippen LogP contribution in [0.1, 0.15) is 25.0 Å². The molecule has 36 heavy (non-hydrogen) atoms. The number of thioether (sulfide) groups is 1. The van der Waals surface area contributed by atoms with E-state index in [1.165, 1.54) is 5.56 Å². The summed E-state index contributed by atoms with van der Waals surface area (Å²) in [5.74, 6) is 1.42. The van der Waals surface area contributed by atoms with Crippen molar-refractivity contribution in [2.45, 2.75) is 38.4 Å². The van der Waals surface area contributed by atoms with Gasteiger partial charge in [0, 0.05) is 31.6 Å². The molecular weight excluding hydrogens is 474 g/mol. The van der Waals surface area contributed by atoms with Crippen LogP contribution in [0.2, 0.25) is 0 Å². The fraction of sp³-hybridized carbons (Fsp3) is 0.444. The molecule has 9 heteroatoms. The Labute approximate surface area is 217 Å². The van der Waals surface area contributed by atoms with Crippen LogP contribution in [-0.2, 0) is 21.9 Å². The molecule has 2 atom stereocenters. The van der Waals surface area contributed by atoms with Gasteiger partial charge >= 0.3 is 6.03 Å². The van der Waals surface area contributed by atoms with Crippen LogP contribution in [0, 0.1) is 5.92 Å². The summed E-state index contributed by atoms with van der Waals surface area (Å²) in [5, 5.41) is 6.26. The molecule has 0 aromatic heterocycles. The highest BCUT2D eigenvalue weighted by molar-refractivity contribution is 7.98. The number of benzene rings is 2. The van der Waals surface area contributed by atoms with Crippen LogP contribution in [-0.4, -0.2) is 82.3 Å². The molecule has 2 aliphatic rings. The number of fused-ring (bicyclic) bond motifs is 1. The van der Waals surface area contributed by atoms with Gasteiger partial charge in [-0.15, -0.1) is 0 Å². The zero-order valence-corrected chi connectivity index (χ0v) is 22.0. The highest BCUT2D eigenvalue weighted by Gasteiger charge is 2.51. The normalized spacial score (nSPS) is 20.6. The van der Waals surface area contributed by atoms with E-state index in [0.717, 1.165) is 17.1 Å². The van der Waals surface area contributed by atoms with E-state index in [2.05, 4.69) is 17.4 Å². The van der Waals surface area contributed by atoms with Crippen molar-refractivity contribution in [3.8, 4) is 0 Å². The van der Waals surface area contributed by atoms with E-state index in [0.29, 0.717) is 19.6 Å². The summed E-state index contributed by atoms with van der Waals surface area (Å²) in [7, 11) is 1.75. The van der Waals surface area contributed by atoms with Gasteiger partial charge in [0.25, 0.3) is 0 Å². The minimum absolute atomic E-state index is 0.0379. The molecule has 2 heterocycles. The monoisotopic (exact) mass is 509 g/mol. The van der Waals surface area contributed by atoms with Crippen molar-refractivity contribution in [3.05, 3.63) is 71.8 Å². The minimum atomic E-state index is -0.589. The molecular formula is C27H35N5O3S. The number of hydrogen-bond acceptors (Lipinski definition) is 5. The number of carbonyl (C=O) groups excluding carboxylic acids is 3. The Bertz CT molecular complexity index is 1050. The van der Waals surface area contributed by atoms with Gasteiger partial charge in [-0.1, -0.05) is 74.5 Å². The highest BCUT2D eigenvalue weighted by atomic mass is 32.2. The Hall–Kier alpha value is -3.04. The van der Waals surface area contributed by atoms with Crippen molar-refractivity contribution in [1.82, 2.24) is 25.1 Å². The maximum Gasteiger partial charge on any atom is 0.334 e. The average molecular weight is 510 g/mol. The third-order valence-electron chi connectivity index (χ3n) is 6.61. The van der Waals surface area contributed by atoms with Crippen molar-refractivity contribution in [2.24, 2.45) is 5.92 Å². The zero-order valence-electron chi connectivity index (χ0n) is 21.2. The molecule has 0 saturated carbocycles. The number of hydrogen-bond donors (Lipinski definition) is 1. The number of nitrogens with zero attached hydrogens (tertiary/aromatic N) is 4. The third kappa shape index (κ3) is 5.84. The maximum absolute atomic E-state index is 13.5. The SMILES string of the molecule is CC(C)[C@H]1C(=O)N(CCSCc2ccccc2)C[C@H]2N1C(=O)CN(C)N2C(=O)NCc1ccccc1. The Morgan fingerprint density at radius 3 is 2.31 bits per heavy atom. The number of likely N-dealkylation sites (N-methyl/N-ethyl adjacent to an activating group) is 1. The number of nitrogens with one attached hydrogen (secondary N) is 1. The van der Waals surface area contributed by atoms with Gasteiger partial charge in [0.15, 0.2) is 0 Å². The van der Waals surface area contributed by atoms with Crippen LogP contribution in [0.3, 0.4) is 0 Å². The van der Waals surface area contributed by atoms with Crippen molar-refractivity contribution in [2.75, 3.05) is 32.4 Å². The first-order chi connectivity index (χ1) is 17.4. The van der Waals surface area contributed by atoms with Gasteiger partial charge in [-0.25, -0.2) is 14.8 Å². The summed E-state index contributed by atoms with van der Waals surface area (Å²) in [5.41, 5.74) is 2.24. The second-order valence-electron chi connectivity index (χ2n) is 9.60. The summed E-state index contributed by atoms with van der Waals surface area (Å²) >= 11 is 1.78. The van der Waals surface area contributed by atoms with E-state index < -0.39 is 12.2 Å². The highest BCUT2D eigenvalue weighted by Crippen LogP contribution is 2.29. The van der Waals surface area contributed by atoms with Crippen LogP contribution in [0.25, 0.3) is 0 Å². The van der Waals surface area contributed by atoms with E-state index >= 15 is 0 Å². The summed E-state index contributed by atoms with van der Waals surface area (Å²) in [6.45, 7) is 5.22. The Morgan fingerprint density at radius 1 is 1.03 bits per heavy atom. The van der Waals surface area contributed by atoms with Crippen LogP contribution in [0.4, 0.5) is 4.79 Å². The lowest BCUT2D eigenvalue weighted by Crippen LogP contribution is -2.76. The predicted molar refractivity (Wildman–Crippen MR) is 142 cm³/mol. The second kappa shape index (κ2) is 11.8. The van der Waals surface area contributed by atoms with E-state index in [4.69, 9.17) is 0 Å². The Kier molecular flexibility index (Phi) is 8.53. The molecule has 4 amide bonds. The van der Waals surface area contributed by atoms with Gasteiger partial charge in [0.05, 0.1) is 13.1 Å². The molecule has 1 N–H and O–H groups in total. The van der Waals surface area contributed by atoms with Gasteiger partial charge in [-0.3, -0.25) is 9.59 Å². The minimum Gasteiger partial charge on any atom is -0.336 e. The lowest BCUT2D eigenvalue weighted by atomic mass is 9.96. The van der Waals surface area contributed by atoms with Crippen LogP contribution in [0.15, 0.2) is 60.7 Å². The summed E-state index contributed by atoms with van der Waals surface area (Å²) < 4.78 is 0. The van der Waals surface area contributed by atoms with Crippen LogP contribution in [0.5, 0.6) is 0 Å². The third-order valence-corrected chi connectivity index (χ3v) is 7.62. The number of hydrazine groups is 1. The summed E-state index contributed by atoms with van der Waals surface area (Å²) in [6.07, 6.45) is -0.545. The zero-order chi connectivity index (χ0) is 25.7. The van der Waals surface area contributed by atoms with Crippen LogP contribution < -0.4 is 5.32 Å². The first-order valence-electron chi connectivity index (χ1n) is 12.4. The van der Waals surface area contributed by atoms with Crippen molar-refractivity contribution in [1.29, 1.82) is 0 Å². The summed E-state index contributed by atoms with van der Waals surface area (Å²) in [6, 6.07) is 19.1. The Morgan fingerprint density at radius 2 is 1.67 bits per heavy atom. The lowest BCUT2D eigenvalue weighted by Gasteiger charge is -2.55. The molecule has 4 rings (SSSR count). The number of carbonyl (C=O) groups is 3. The van der Waals surface area contributed by atoms with Crippen molar-refractivity contribution in [3.63, 3.8) is 0 Å². The van der Waals surface area contributed by atoms with Gasteiger partial charge in [0.2, 0.25) is 11.8 Å². The number of rotatable bonds is 8. The molecule has 0 aliphatic carbocycles. The average Bonchev–Trinajstić information content (AvgIpc) is 2.87. The molecule has 2 aliphatic heterocycles. The first-order valence-corrected chi connectivity index (χ1v) is 13.6. The molecule has 0 unspecified atom stereocenters. The van der Waals surface area contributed by atoms with Gasteiger partial charge in [0.1, 0.15) is 12.2 Å². The molecule has 192 valence electrons. The number of urea groups is 1. The summed E-state index contributed by atoms with van der Waals surface area (Å²) in [4.78, 5) is 43.4. The van der Waals surface area contributed by atoms with E-state index in [9.17, 15) is 14.4 Å². The van der Waals surface area contributed by atoms with E-state index in [1.807, 2.05) is 67.3 Å². The molecule has 0 radical (unpaired) electrons. The molecule has 2 fully saturated rings. The molecule has 2 saturated heterocycles. The molecule has 0 bridgehead atoms. The largest absolute Gasteiger partial charge is 0.336 e.